The lowest BCUT2D eigenvalue weighted by atomic mass is 10.1. The number of piperazine rings is 1. The molecule has 5 rings (SSSR count). The lowest BCUT2D eigenvalue weighted by Crippen LogP contribution is -2.59. The molecule has 274 valence electrons. The third-order valence-corrected chi connectivity index (χ3v) is 8.82. The van der Waals surface area contributed by atoms with Crippen LogP contribution in [0.4, 0.5) is 25.4 Å². The van der Waals surface area contributed by atoms with Crippen LogP contribution in [0, 0.1) is 5.82 Å². The maximum atomic E-state index is 14.4. The van der Waals surface area contributed by atoms with Crippen LogP contribution in [0.25, 0.3) is 10.9 Å². The normalized spacial score (nSPS) is 14.0. The summed E-state index contributed by atoms with van der Waals surface area (Å²) in [5.74, 6) is 0.253. The summed E-state index contributed by atoms with van der Waals surface area (Å²) in [5.41, 5.74) is 0.596. The Hall–Kier alpha value is -5.57. The number of anilines is 2. The van der Waals surface area contributed by atoms with Gasteiger partial charge < -0.3 is 34.8 Å². The van der Waals surface area contributed by atoms with Gasteiger partial charge >= 0.3 is 12.1 Å². The molecule has 51 heavy (non-hydrogen) atoms. The first-order valence-electron chi connectivity index (χ1n) is 16.2. The molecule has 2 N–H and O–H groups in total. The predicted octanol–water partition coefficient (Wildman–Crippen LogP) is 5.41. The van der Waals surface area contributed by atoms with E-state index in [9.17, 15) is 23.6 Å². The van der Waals surface area contributed by atoms with E-state index in [0.717, 1.165) is 0 Å². The van der Waals surface area contributed by atoms with E-state index in [2.05, 4.69) is 15.4 Å². The largest absolute Gasteiger partial charge is 0.497 e. The van der Waals surface area contributed by atoms with Crippen LogP contribution in [-0.2, 0) is 9.53 Å². The SMILES string of the molecule is CC[C@H](NC(=O)OC)C(=O)N1CCN(n2c(C(C)N(C(=O)Nc3ccc(F)cc3)c3ccc(OC)cc3OC)nc3ccc(Cl)cc3c2=O)CC1.[HH].[HH]. The molecule has 4 aromatic rings. The zero-order valence-electron chi connectivity index (χ0n) is 28.8. The minimum Gasteiger partial charge on any atom is -0.497 e. The Morgan fingerprint density at radius 1 is 1.00 bits per heavy atom. The molecule has 2 heterocycles. The summed E-state index contributed by atoms with van der Waals surface area (Å²) in [5, 5.41) is 7.75. The second kappa shape index (κ2) is 16.0. The highest BCUT2D eigenvalue weighted by molar-refractivity contribution is 6.31. The van der Waals surface area contributed by atoms with Crippen LogP contribution in [0.5, 0.6) is 11.5 Å². The number of nitrogens with one attached hydrogen (secondary N) is 2. The lowest BCUT2D eigenvalue weighted by molar-refractivity contribution is -0.133. The molecule has 1 unspecified atom stereocenters. The number of carbonyl (C=O) groups is 3. The van der Waals surface area contributed by atoms with Crippen molar-refractivity contribution in [2.45, 2.75) is 32.4 Å². The van der Waals surface area contributed by atoms with Gasteiger partial charge in [-0.15, -0.1) is 0 Å². The van der Waals surface area contributed by atoms with E-state index in [4.69, 9.17) is 26.1 Å². The van der Waals surface area contributed by atoms with Crippen molar-refractivity contribution >= 4 is 51.9 Å². The minimum absolute atomic E-state index is 0. The number of aromatic nitrogens is 2. The summed E-state index contributed by atoms with van der Waals surface area (Å²) in [6.07, 6.45) is -0.351. The Morgan fingerprint density at radius 3 is 2.33 bits per heavy atom. The molecule has 1 fully saturated rings. The summed E-state index contributed by atoms with van der Waals surface area (Å²) in [6.45, 7) is 4.41. The van der Waals surface area contributed by atoms with Gasteiger partial charge in [0.05, 0.1) is 57.1 Å². The predicted molar refractivity (Wildman–Crippen MR) is 195 cm³/mol. The molecule has 1 aliphatic rings. The number of halogens is 2. The van der Waals surface area contributed by atoms with E-state index >= 15 is 0 Å². The van der Waals surface area contributed by atoms with Crippen molar-refractivity contribution in [3.63, 3.8) is 0 Å². The quantitative estimate of drug-likeness (QED) is 0.219. The first-order chi connectivity index (χ1) is 24.5. The molecule has 0 spiro atoms. The number of hydrogen-bond donors (Lipinski definition) is 2. The standard InChI is InChI=1S/C35H39ClFN7O7.2H2/c1-6-27(40-35(48)51-5)33(46)41-15-17-42(18-16-41)44-31(39-28-13-7-22(36)19-26(28)32(44)45)21(2)43(29-14-12-25(49-3)20-30(29)50-4)34(47)38-24-10-8-23(37)9-11-24;;/h7-14,19-21,27H,6,15-18H2,1-5H3,(H,38,47)(H,40,48);2*1H/t21?,27-;;/m0../s1. The van der Waals surface area contributed by atoms with Crippen molar-refractivity contribution in [1.82, 2.24) is 19.9 Å². The highest BCUT2D eigenvalue weighted by Gasteiger charge is 2.34. The number of ether oxygens (including phenoxy) is 3. The molecule has 0 aliphatic carbocycles. The zero-order chi connectivity index (χ0) is 36.8. The van der Waals surface area contributed by atoms with E-state index in [1.54, 1.807) is 54.1 Å². The maximum absolute atomic E-state index is 14.4. The van der Waals surface area contributed by atoms with Crippen molar-refractivity contribution in [3.05, 3.63) is 87.7 Å². The molecule has 2 atom stereocenters. The first-order valence-corrected chi connectivity index (χ1v) is 16.6. The number of urea groups is 1. The molecule has 14 nitrogen and oxygen atoms in total. The van der Waals surface area contributed by atoms with Crippen LogP contribution in [0.1, 0.15) is 35.0 Å². The second-order valence-electron chi connectivity index (χ2n) is 11.6. The number of carbonyl (C=O) groups excluding carboxylic acids is 3. The van der Waals surface area contributed by atoms with Crippen LogP contribution < -0.4 is 35.6 Å². The van der Waals surface area contributed by atoms with Gasteiger partial charge in [-0.2, -0.15) is 0 Å². The molecule has 1 saturated heterocycles. The van der Waals surface area contributed by atoms with Crippen molar-refractivity contribution in [3.8, 4) is 11.5 Å². The molecule has 1 aromatic heterocycles. The molecule has 3 aromatic carbocycles. The maximum Gasteiger partial charge on any atom is 0.407 e. The molecule has 0 radical (unpaired) electrons. The summed E-state index contributed by atoms with van der Waals surface area (Å²) >= 11 is 6.31. The Kier molecular flexibility index (Phi) is 11.5. The Balaban J connectivity index is 0.00000378. The van der Waals surface area contributed by atoms with E-state index in [1.165, 1.54) is 61.2 Å². The van der Waals surface area contributed by atoms with Gasteiger partial charge in [0.2, 0.25) is 5.91 Å². The number of benzene rings is 3. The van der Waals surface area contributed by atoms with Crippen LogP contribution >= 0.6 is 11.6 Å². The van der Waals surface area contributed by atoms with Gasteiger partial charge in [0.25, 0.3) is 5.56 Å². The average molecular weight is 728 g/mol. The molecule has 4 amide bonds. The van der Waals surface area contributed by atoms with E-state index in [1.807, 2.05) is 0 Å². The van der Waals surface area contributed by atoms with Crippen LogP contribution in [0.3, 0.4) is 0 Å². The van der Waals surface area contributed by atoms with E-state index < -0.39 is 35.6 Å². The van der Waals surface area contributed by atoms with Gasteiger partial charge in [-0.25, -0.2) is 23.6 Å². The van der Waals surface area contributed by atoms with Crippen molar-refractivity contribution < 1.29 is 35.8 Å². The van der Waals surface area contributed by atoms with Crippen LogP contribution in [-0.4, -0.2) is 86.1 Å². The first kappa shape index (κ1) is 36.7. The summed E-state index contributed by atoms with van der Waals surface area (Å²) in [4.78, 5) is 61.7. The number of fused-ring (bicyclic) bond motifs is 1. The second-order valence-corrected chi connectivity index (χ2v) is 12.1. The number of hydrogen-bond acceptors (Lipinski definition) is 9. The van der Waals surface area contributed by atoms with Crippen molar-refractivity contribution in [1.29, 1.82) is 0 Å². The number of methoxy groups -OCH3 is 3. The summed E-state index contributed by atoms with van der Waals surface area (Å²) in [6, 6.07) is 12.7. The molecule has 0 bridgehead atoms. The van der Waals surface area contributed by atoms with Gasteiger partial charge in [0, 0.05) is 32.7 Å². The molecular formula is C35H43ClFN7O7. The number of amides is 4. The Morgan fingerprint density at radius 2 is 1.71 bits per heavy atom. The van der Waals surface area contributed by atoms with E-state index in [-0.39, 0.29) is 46.2 Å². The summed E-state index contributed by atoms with van der Waals surface area (Å²) in [7, 11) is 4.19. The number of nitrogens with zero attached hydrogens (tertiary/aromatic N) is 5. The number of rotatable bonds is 10. The van der Waals surface area contributed by atoms with Crippen molar-refractivity contribution in [2.75, 3.05) is 62.7 Å². The molecule has 0 saturated carbocycles. The van der Waals surface area contributed by atoms with E-state index in [0.29, 0.717) is 39.8 Å². The average Bonchev–Trinajstić information content (AvgIpc) is 3.14. The zero-order valence-corrected chi connectivity index (χ0v) is 29.6. The monoisotopic (exact) mass is 727 g/mol. The Labute approximate surface area is 301 Å². The third-order valence-electron chi connectivity index (χ3n) is 8.59. The van der Waals surface area contributed by atoms with Gasteiger partial charge in [-0.1, -0.05) is 18.5 Å². The minimum atomic E-state index is -0.922. The fraction of sp³-hybridized carbons (Fsp3) is 0.343. The van der Waals surface area contributed by atoms with Gasteiger partial charge in [-0.05, 0) is 67.9 Å². The van der Waals surface area contributed by atoms with Gasteiger partial charge in [0.15, 0.2) is 5.82 Å². The molecular weight excluding hydrogens is 685 g/mol. The summed E-state index contributed by atoms with van der Waals surface area (Å²) < 4.78 is 30.9. The smallest absolute Gasteiger partial charge is 0.407 e. The fourth-order valence-corrected chi connectivity index (χ4v) is 6.07. The number of alkyl carbamates (subject to hydrolysis) is 1. The highest BCUT2D eigenvalue weighted by atomic mass is 35.5. The third kappa shape index (κ3) is 7.93. The van der Waals surface area contributed by atoms with Crippen LogP contribution in [0.15, 0.2) is 65.5 Å². The van der Waals surface area contributed by atoms with Crippen molar-refractivity contribution in [2.24, 2.45) is 0 Å². The highest BCUT2D eigenvalue weighted by Crippen LogP contribution is 2.37. The van der Waals surface area contributed by atoms with Crippen LogP contribution in [0.2, 0.25) is 5.02 Å². The van der Waals surface area contributed by atoms with Gasteiger partial charge in [0.1, 0.15) is 23.4 Å². The van der Waals surface area contributed by atoms with Gasteiger partial charge in [-0.3, -0.25) is 14.5 Å². The molecule has 1 aliphatic heterocycles. The Bertz CT molecular complexity index is 1980. The topological polar surface area (TPSA) is 148 Å². The fourth-order valence-electron chi connectivity index (χ4n) is 5.90. The molecule has 16 heteroatoms. The lowest BCUT2D eigenvalue weighted by Gasteiger charge is -2.40.